The predicted octanol–water partition coefficient (Wildman–Crippen LogP) is 1.26. The van der Waals surface area contributed by atoms with Crippen molar-refractivity contribution in [2.45, 2.75) is 25.9 Å². The Balaban J connectivity index is 2.61. The normalized spacial score (nSPS) is 10.9. The summed E-state index contributed by atoms with van der Waals surface area (Å²) in [7, 11) is 1.45. The quantitative estimate of drug-likeness (QED) is 0.808. The third kappa shape index (κ3) is 3.12. The minimum Gasteiger partial charge on any atom is -0.436 e. The van der Waals surface area contributed by atoms with Gasteiger partial charge in [-0.05, 0) is 26.0 Å². The van der Waals surface area contributed by atoms with Gasteiger partial charge in [-0.25, -0.2) is 4.79 Å². The molecule has 2 N–H and O–H groups in total. The summed E-state index contributed by atoms with van der Waals surface area (Å²) in [6.07, 6.45) is 1.36. The Kier molecular flexibility index (Phi) is 3.71. The standard InChI is InChI=1S/C11H16N2O3/c1-11(2,16-10(15)12-3)9(14)7-8-5-4-6-13-8/h4-6,13H,7H2,1-3H3,(H,12,15). The number of ketones is 1. The number of ether oxygens (including phenoxy) is 1. The number of hydrogen-bond donors (Lipinski definition) is 2. The Bertz CT molecular complexity index is 369. The van der Waals surface area contributed by atoms with Crippen LogP contribution in [0.3, 0.4) is 0 Å². The zero-order chi connectivity index (χ0) is 12.2. The summed E-state index contributed by atoms with van der Waals surface area (Å²) in [6.45, 7) is 3.15. The largest absolute Gasteiger partial charge is 0.436 e. The summed E-state index contributed by atoms with van der Waals surface area (Å²) in [6, 6.07) is 3.63. The monoisotopic (exact) mass is 224 g/mol. The van der Waals surface area contributed by atoms with Gasteiger partial charge in [-0.15, -0.1) is 0 Å². The van der Waals surface area contributed by atoms with E-state index in [0.717, 1.165) is 5.69 Å². The van der Waals surface area contributed by atoms with Crippen LogP contribution in [0, 0.1) is 0 Å². The van der Waals surface area contributed by atoms with Crippen molar-refractivity contribution >= 4 is 11.9 Å². The van der Waals surface area contributed by atoms with E-state index in [0.29, 0.717) is 0 Å². The van der Waals surface area contributed by atoms with Crippen LogP contribution in [0.4, 0.5) is 4.79 Å². The lowest BCUT2D eigenvalue weighted by Gasteiger charge is -2.22. The molecule has 1 aromatic heterocycles. The third-order valence-corrected chi connectivity index (χ3v) is 2.24. The highest BCUT2D eigenvalue weighted by atomic mass is 16.6. The second-order valence-electron chi connectivity index (χ2n) is 3.95. The fourth-order valence-corrected chi connectivity index (χ4v) is 1.20. The van der Waals surface area contributed by atoms with E-state index in [9.17, 15) is 9.59 Å². The molecule has 0 saturated carbocycles. The number of alkyl carbamates (subject to hydrolysis) is 1. The molecule has 5 nitrogen and oxygen atoms in total. The molecule has 1 heterocycles. The van der Waals surface area contributed by atoms with Gasteiger partial charge in [0.05, 0.1) is 6.42 Å². The zero-order valence-electron chi connectivity index (χ0n) is 9.66. The number of aromatic amines is 1. The molecule has 0 saturated heterocycles. The number of rotatable bonds is 4. The number of carbonyl (C=O) groups is 2. The summed E-state index contributed by atoms with van der Waals surface area (Å²) in [5.74, 6) is -0.154. The van der Waals surface area contributed by atoms with Gasteiger partial charge in [0.25, 0.3) is 0 Å². The van der Waals surface area contributed by atoms with Gasteiger partial charge in [0.2, 0.25) is 0 Å². The van der Waals surface area contributed by atoms with Gasteiger partial charge in [0.1, 0.15) is 0 Å². The van der Waals surface area contributed by atoms with Crippen molar-refractivity contribution in [2.75, 3.05) is 7.05 Å². The maximum atomic E-state index is 11.9. The van der Waals surface area contributed by atoms with E-state index in [1.807, 2.05) is 12.1 Å². The first kappa shape index (κ1) is 12.3. The van der Waals surface area contributed by atoms with E-state index in [1.54, 1.807) is 20.0 Å². The molecule has 0 radical (unpaired) electrons. The molecule has 5 heteroatoms. The van der Waals surface area contributed by atoms with Crippen LogP contribution in [0.2, 0.25) is 0 Å². The van der Waals surface area contributed by atoms with E-state index >= 15 is 0 Å². The lowest BCUT2D eigenvalue weighted by Crippen LogP contribution is -2.40. The molecule has 0 fully saturated rings. The molecular formula is C11H16N2O3. The van der Waals surface area contributed by atoms with Gasteiger partial charge in [0.15, 0.2) is 11.4 Å². The van der Waals surface area contributed by atoms with Crippen LogP contribution in [0.15, 0.2) is 18.3 Å². The van der Waals surface area contributed by atoms with Crippen LogP contribution in [0.1, 0.15) is 19.5 Å². The molecule has 88 valence electrons. The second kappa shape index (κ2) is 4.83. The topological polar surface area (TPSA) is 71.2 Å². The number of hydrogen-bond acceptors (Lipinski definition) is 3. The summed E-state index contributed by atoms with van der Waals surface area (Å²) in [5.41, 5.74) is -0.316. The molecule has 0 spiro atoms. The minimum atomic E-state index is -1.12. The predicted molar refractivity (Wildman–Crippen MR) is 59.1 cm³/mol. The average Bonchev–Trinajstić information content (AvgIpc) is 2.69. The van der Waals surface area contributed by atoms with Crippen molar-refractivity contribution in [2.24, 2.45) is 0 Å². The fourth-order valence-electron chi connectivity index (χ4n) is 1.20. The lowest BCUT2D eigenvalue weighted by atomic mass is 9.99. The van der Waals surface area contributed by atoms with Crippen LogP contribution in [-0.4, -0.2) is 29.5 Å². The highest BCUT2D eigenvalue weighted by molar-refractivity contribution is 5.90. The number of nitrogens with one attached hydrogen (secondary N) is 2. The highest BCUT2D eigenvalue weighted by Gasteiger charge is 2.31. The van der Waals surface area contributed by atoms with Crippen molar-refractivity contribution in [1.29, 1.82) is 0 Å². The maximum Gasteiger partial charge on any atom is 0.407 e. The molecule has 1 aromatic rings. The average molecular weight is 224 g/mol. The number of carbonyl (C=O) groups excluding carboxylic acids is 2. The molecule has 0 atom stereocenters. The molecule has 0 aliphatic rings. The lowest BCUT2D eigenvalue weighted by molar-refractivity contribution is -0.133. The first-order valence-corrected chi connectivity index (χ1v) is 5.02. The van der Waals surface area contributed by atoms with Crippen molar-refractivity contribution < 1.29 is 14.3 Å². The zero-order valence-corrected chi connectivity index (χ0v) is 9.66. The second-order valence-corrected chi connectivity index (χ2v) is 3.95. The smallest absolute Gasteiger partial charge is 0.407 e. The Hall–Kier alpha value is -1.78. The third-order valence-electron chi connectivity index (χ3n) is 2.24. The van der Waals surface area contributed by atoms with Crippen molar-refractivity contribution in [3.8, 4) is 0 Å². The van der Waals surface area contributed by atoms with Crippen LogP contribution in [0.25, 0.3) is 0 Å². The molecule has 1 rings (SSSR count). The molecule has 0 aromatic carbocycles. The first-order chi connectivity index (χ1) is 7.45. The molecule has 1 amide bonds. The van der Waals surface area contributed by atoms with Crippen LogP contribution in [-0.2, 0) is 16.0 Å². The van der Waals surface area contributed by atoms with Gasteiger partial charge in [-0.2, -0.15) is 0 Å². The molecule has 0 bridgehead atoms. The van der Waals surface area contributed by atoms with Crippen LogP contribution >= 0.6 is 0 Å². The number of H-pyrrole nitrogens is 1. The molecule has 0 unspecified atom stereocenters. The van der Waals surface area contributed by atoms with E-state index < -0.39 is 11.7 Å². The summed E-state index contributed by atoms with van der Waals surface area (Å²) < 4.78 is 4.98. The molecule has 0 aliphatic carbocycles. The Morgan fingerprint density at radius 3 is 2.69 bits per heavy atom. The number of Topliss-reactive ketones (excluding diaryl/α,β-unsaturated/α-hetero) is 1. The van der Waals surface area contributed by atoms with E-state index in [4.69, 9.17) is 4.74 Å². The maximum absolute atomic E-state index is 11.9. The SMILES string of the molecule is CNC(=O)OC(C)(C)C(=O)Cc1ccc[nH]1. The highest BCUT2D eigenvalue weighted by Crippen LogP contribution is 2.14. The van der Waals surface area contributed by atoms with Gasteiger partial charge in [-0.1, -0.05) is 0 Å². The molecule has 0 aliphatic heterocycles. The number of amides is 1. The summed E-state index contributed by atoms with van der Waals surface area (Å²) in [4.78, 5) is 25.8. The minimum absolute atomic E-state index is 0.154. The van der Waals surface area contributed by atoms with Gasteiger partial charge < -0.3 is 15.0 Å². The van der Waals surface area contributed by atoms with E-state index in [1.165, 1.54) is 7.05 Å². The molecular weight excluding hydrogens is 208 g/mol. The van der Waals surface area contributed by atoms with Crippen molar-refractivity contribution in [3.05, 3.63) is 24.0 Å². The van der Waals surface area contributed by atoms with E-state index in [2.05, 4.69) is 10.3 Å². The van der Waals surface area contributed by atoms with Gasteiger partial charge >= 0.3 is 6.09 Å². The Labute approximate surface area is 94.2 Å². The fraction of sp³-hybridized carbons (Fsp3) is 0.455. The van der Waals surface area contributed by atoms with Crippen LogP contribution in [0.5, 0.6) is 0 Å². The Morgan fingerprint density at radius 2 is 2.19 bits per heavy atom. The summed E-state index contributed by atoms with van der Waals surface area (Å²) in [5, 5.41) is 2.31. The Morgan fingerprint density at radius 1 is 1.50 bits per heavy atom. The van der Waals surface area contributed by atoms with E-state index in [-0.39, 0.29) is 12.2 Å². The van der Waals surface area contributed by atoms with Crippen molar-refractivity contribution in [3.63, 3.8) is 0 Å². The summed E-state index contributed by atoms with van der Waals surface area (Å²) >= 11 is 0. The number of aromatic nitrogens is 1. The first-order valence-electron chi connectivity index (χ1n) is 5.02. The van der Waals surface area contributed by atoms with Crippen LogP contribution < -0.4 is 5.32 Å². The molecule has 16 heavy (non-hydrogen) atoms. The van der Waals surface area contributed by atoms with Gasteiger partial charge in [0, 0.05) is 18.9 Å². The van der Waals surface area contributed by atoms with Gasteiger partial charge in [-0.3, -0.25) is 4.79 Å². The van der Waals surface area contributed by atoms with Crippen molar-refractivity contribution in [1.82, 2.24) is 10.3 Å².